The summed E-state index contributed by atoms with van der Waals surface area (Å²) < 4.78 is 37.9. The lowest BCUT2D eigenvalue weighted by molar-refractivity contribution is -0.141. The van der Waals surface area contributed by atoms with Crippen molar-refractivity contribution in [3.63, 3.8) is 0 Å². The van der Waals surface area contributed by atoms with E-state index >= 15 is 0 Å². The van der Waals surface area contributed by atoms with E-state index in [4.69, 9.17) is 9.47 Å². The molecule has 4 atom stereocenters. The smallest absolute Gasteiger partial charge is 0.408 e. The molecule has 206 valence electrons. The van der Waals surface area contributed by atoms with Crippen molar-refractivity contribution in [2.45, 2.75) is 87.8 Å². The molecule has 0 aromatic rings. The van der Waals surface area contributed by atoms with E-state index in [-0.39, 0.29) is 26.1 Å². The van der Waals surface area contributed by atoms with E-state index in [1.54, 1.807) is 32.9 Å². The number of sulfonamides is 1. The van der Waals surface area contributed by atoms with Gasteiger partial charge in [0.15, 0.2) is 0 Å². The number of ether oxygens (including phenoxy) is 2. The van der Waals surface area contributed by atoms with E-state index in [0.29, 0.717) is 32.2 Å². The van der Waals surface area contributed by atoms with Crippen molar-refractivity contribution in [3.05, 3.63) is 12.2 Å². The van der Waals surface area contributed by atoms with Crippen LogP contribution in [0.5, 0.6) is 0 Å². The Balaban J connectivity index is 1.53. The summed E-state index contributed by atoms with van der Waals surface area (Å²) in [5, 5.41) is 4.79. The van der Waals surface area contributed by atoms with Gasteiger partial charge in [-0.05, 0) is 52.9 Å². The lowest BCUT2D eigenvalue weighted by Crippen LogP contribution is -2.58. The van der Waals surface area contributed by atoms with Gasteiger partial charge in [0, 0.05) is 25.5 Å². The fourth-order valence-electron chi connectivity index (χ4n) is 4.75. The van der Waals surface area contributed by atoms with E-state index < -0.39 is 68.2 Å². The Morgan fingerprint density at radius 1 is 1.19 bits per heavy atom. The molecule has 2 saturated carbocycles. The number of fused-ring (bicyclic) bond motifs is 2. The fourth-order valence-corrected chi connectivity index (χ4v) is 6.11. The van der Waals surface area contributed by atoms with Crippen LogP contribution in [0.3, 0.4) is 0 Å². The zero-order chi connectivity index (χ0) is 27.0. The van der Waals surface area contributed by atoms with Crippen molar-refractivity contribution in [1.29, 1.82) is 0 Å². The highest BCUT2D eigenvalue weighted by molar-refractivity contribution is 7.91. The minimum Gasteiger partial charge on any atom is -0.444 e. The normalized spacial score (nSPS) is 31.8. The summed E-state index contributed by atoms with van der Waals surface area (Å²) in [5.74, 6) is -2.13. The van der Waals surface area contributed by atoms with Gasteiger partial charge in [-0.3, -0.25) is 19.1 Å². The molecule has 1 saturated heterocycles. The molecule has 12 nitrogen and oxygen atoms in total. The molecule has 0 unspecified atom stereocenters. The van der Waals surface area contributed by atoms with Gasteiger partial charge in [-0.15, -0.1) is 0 Å². The van der Waals surface area contributed by atoms with Crippen LogP contribution in [0.2, 0.25) is 0 Å². The molecule has 0 radical (unpaired) electrons. The van der Waals surface area contributed by atoms with E-state index in [2.05, 4.69) is 15.4 Å². The molecule has 37 heavy (non-hydrogen) atoms. The van der Waals surface area contributed by atoms with Crippen LogP contribution in [0.25, 0.3) is 0 Å². The summed E-state index contributed by atoms with van der Waals surface area (Å²) >= 11 is 0. The summed E-state index contributed by atoms with van der Waals surface area (Å²) in [6.45, 7) is 5.80. The average Bonchev–Trinajstić information content (AvgIpc) is 3.70. The van der Waals surface area contributed by atoms with Crippen LogP contribution in [0.4, 0.5) is 4.79 Å². The Bertz CT molecular complexity index is 1080. The summed E-state index contributed by atoms with van der Waals surface area (Å²) in [7, 11) is -3.80. The second-order valence-electron chi connectivity index (χ2n) is 11.1. The minimum absolute atomic E-state index is 0.164. The molecule has 3 fully saturated rings. The maximum absolute atomic E-state index is 13.5. The first kappa shape index (κ1) is 27.4. The second-order valence-corrected chi connectivity index (χ2v) is 13.1. The van der Waals surface area contributed by atoms with Gasteiger partial charge >= 0.3 is 6.09 Å². The summed E-state index contributed by atoms with van der Waals surface area (Å²) in [6, 6.07) is -1.82. The SMILES string of the molecule is CC(C)(C)OC(=O)N[C@H]1CCOC/C=C\[C@@H]2C[C@@]2(C(=O)NS(=O)(=O)C2CC2)NC(=O)[C@@H]2CCCN2C1=O. The van der Waals surface area contributed by atoms with E-state index in [0.717, 1.165) is 0 Å². The Morgan fingerprint density at radius 2 is 1.92 bits per heavy atom. The standard InChI is InChI=1S/C24H36N4O8S/c1-23(2,3)36-22(32)25-17-10-13-35-12-5-6-15-14-24(15,21(31)27-37(33,34)16-8-9-16)26-19(29)18-7-4-11-28(18)20(17)30/h5-6,15-18H,4,7-14H2,1-3H3,(H,25,32)(H,26,29)(H,27,31)/b6-5-/t15-,17+,18+,24-/m1/s1. The monoisotopic (exact) mass is 540 g/mol. The van der Waals surface area contributed by atoms with Crippen LogP contribution in [0.1, 0.15) is 59.3 Å². The van der Waals surface area contributed by atoms with Crippen molar-refractivity contribution in [2.24, 2.45) is 5.92 Å². The quantitative estimate of drug-likeness (QED) is 0.430. The van der Waals surface area contributed by atoms with Gasteiger partial charge in [-0.1, -0.05) is 12.2 Å². The highest BCUT2D eigenvalue weighted by atomic mass is 32.2. The molecule has 13 heteroatoms. The maximum atomic E-state index is 13.5. The summed E-state index contributed by atoms with van der Waals surface area (Å²) in [6.07, 6.45) is 5.07. The van der Waals surface area contributed by atoms with Crippen molar-refractivity contribution < 1.29 is 37.1 Å². The van der Waals surface area contributed by atoms with Crippen molar-refractivity contribution >= 4 is 33.8 Å². The number of hydrogen-bond acceptors (Lipinski definition) is 8. The van der Waals surface area contributed by atoms with Gasteiger partial charge < -0.3 is 25.0 Å². The second kappa shape index (κ2) is 10.2. The average molecular weight is 541 g/mol. The van der Waals surface area contributed by atoms with Crippen LogP contribution in [0, 0.1) is 5.92 Å². The highest BCUT2D eigenvalue weighted by Crippen LogP contribution is 2.46. The molecule has 4 aliphatic rings. The predicted molar refractivity (Wildman–Crippen MR) is 132 cm³/mol. The molecule has 2 aliphatic heterocycles. The molecule has 0 aromatic carbocycles. The van der Waals surface area contributed by atoms with Crippen LogP contribution >= 0.6 is 0 Å². The number of carbonyl (C=O) groups excluding carboxylic acids is 4. The Morgan fingerprint density at radius 3 is 2.59 bits per heavy atom. The predicted octanol–water partition coefficient (Wildman–Crippen LogP) is 0.331. The zero-order valence-corrected chi connectivity index (χ0v) is 22.3. The van der Waals surface area contributed by atoms with Gasteiger partial charge in [0.1, 0.15) is 23.2 Å². The summed E-state index contributed by atoms with van der Waals surface area (Å²) in [4.78, 5) is 53.8. The Labute approximate surface area is 216 Å². The molecule has 2 aliphatic carbocycles. The molecular weight excluding hydrogens is 504 g/mol. The van der Waals surface area contributed by atoms with Gasteiger partial charge in [0.05, 0.1) is 11.9 Å². The van der Waals surface area contributed by atoms with E-state index in [9.17, 15) is 27.6 Å². The topological polar surface area (TPSA) is 160 Å². The lowest BCUT2D eigenvalue weighted by atomic mass is 10.1. The van der Waals surface area contributed by atoms with Gasteiger partial charge in [-0.25, -0.2) is 13.2 Å². The van der Waals surface area contributed by atoms with Crippen molar-refractivity contribution in [1.82, 2.24) is 20.3 Å². The molecule has 3 N–H and O–H groups in total. The largest absolute Gasteiger partial charge is 0.444 e. The highest BCUT2D eigenvalue weighted by Gasteiger charge is 2.61. The molecule has 0 aromatic heterocycles. The Hall–Kier alpha value is -2.67. The minimum atomic E-state index is -3.80. The number of rotatable bonds is 4. The van der Waals surface area contributed by atoms with Crippen LogP contribution in [-0.4, -0.2) is 85.4 Å². The first-order valence-corrected chi connectivity index (χ1v) is 14.3. The first-order valence-electron chi connectivity index (χ1n) is 12.7. The van der Waals surface area contributed by atoms with E-state index in [1.165, 1.54) is 4.90 Å². The molecule has 2 heterocycles. The number of nitrogens with zero attached hydrogens (tertiary/aromatic N) is 1. The van der Waals surface area contributed by atoms with E-state index in [1.807, 2.05) is 0 Å². The van der Waals surface area contributed by atoms with Gasteiger partial charge in [0.25, 0.3) is 5.91 Å². The molecule has 4 rings (SSSR count). The number of carbonyl (C=O) groups is 4. The molecule has 4 amide bonds. The van der Waals surface area contributed by atoms with Crippen LogP contribution in [-0.2, 0) is 33.9 Å². The molecular formula is C24H36N4O8S. The van der Waals surface area contributed by atoms with Crippen molar-refractivity contribution in [3.8, 4) is 0 Å². The Kier molecular flexibility index (Phi) is 7.57. The fraction of sp³-hybridized carbons (Fsp3) is 0.750. The number of amides is 4. The van der Waals surface area contributed by atoms with Crippen molar-refractivity contribution in [2.75, 3.05) is 19.8 Å². The maximum Gasteiger partial charge on any atom is 0.408 e. The molecule has 0 spiro atoms. The molecule has 0 bridgehead atoms. The number of nitrogens with one attached hydrogen (secondary N) is 3. The summed E-state index contributed by atoms with van der Waals surface area (Å²) in [5.41, 5.74) is -2.17. The van der Waals surface area contributed by atoms with Crippen LogP contribution in [0.15, 0.2) is 12.2 Å². The third-order valence-corrected chi connectivity index (χ3v) is 8.74. The lowest BCUT2D eigenvalue weighted by Gasteiger charge is -2.30. The number of alkyl carbamates (subject to hydrolysis) is 1. The van der Waals surface area contributed by atoms with Gasteiger partial charge in [0.2, 0.25) is 21.8 Å². The van der Waals surface area contributed by atoms with Crippen LogP contribution < -0.4 is 15.4 Å². The van der Waals surface area contributed by atoms with Gasteiger partial charge in [-0.2, -0.15) is 0 Å². The number of hydrogen-bond donors (Lipinski definition) is 3. The zero-order valence-electron chi connectivity index (χ0n) is 21.4. The first-order chi connectivity index (χ1) is 17.3. The third-order valence-electron chi connectivity index (χ3n) is 6.93. The third kappa shape index (κ3) is 6.43.